The number of rotatable bonds is 14. The zero-order valence-corrected chi connectivity index (χ0v) is 36.5. The minimum absolute atomic E-state index is 0.106. The van der Waals surface area contributed by atoms with Gasteiger partial charge in [0.15, 0.2) is 5.60 Å². The molecule has 7 aromatic rings. The highest BCUT2D eigenvalue weighted by Crippen LogP contribution is 2.56. The summed E-state index contributed by atoms with van der Waals surface area (Å²) in [6.07, 6.45) is 7.51. The second-order valence-corrected chi connectivity index (χ2v) is 16.1. The van der Waals surface area contributed by atoms with Crippen molar-refractivity contribution in [2.75, 3.05) is 32.7 Å². The van der Waals surface area contributed by atoms with E-state index in [2.05, 4.69) is 105 Å². The minimum atomic E-state index is -1.09. The lowest BCUT2D eigenvalue weighted by molar-refractivity contribution is 0.0224. The van der Waals surface area contributed by atoms with E-state index in [1.165, 1.54) is 43.4 Å². The fraction of sp³-hybridized carbons (Fsp3) is 0.236. The van der Waals surface area contributed by atoms with Gasteiger partial charge in [0.1, 0.15) is 23.0 Å². The van der Waals surface area contributed by atoms with Gasteiger partial charge in [-0.3, -0.25) is 0 Å². The largest absolute Gasteiger partial charge is 0.497 e. The molecule has 0 radical (unpaired) electrons. The van der Waals surface area contributed by atoms with Gasteiger partial charge in [0.25, 0.3) is 0 Å². The number of methoxy groups -OCH3 is 1. The van der Waals surface area contributed by atoms with Crippen LogP contribution in [0, 0.1) is 0 Å². The van der Waals surface area contributed by atoms with E-state index in [-0.39, 0.29) is 12.6 Å². The Morgan fingerprint density at radius 2 is 1.30 bits per heavy atom. The first-order valence-corrected chi connectivity index (χ1v) is 21.8. The lowest BCUT2D eigenvalue weighted by atomic mass is 9.77. The van der Waals surface area contributed by atoms with Crippen LogP contribution in [0.25, 0.3) is 33.6 Å². The van der Waals surface area contributed by atoms with Crippen LogP contribution in [0.5, 0.6) is 23.0 Å². The number of carbonyl (C=O) groups excluding carboxylic acids is 1. The average Bonchev–Trinajstić information content (AvgIpc) is 3.63. The average molecular weight is 839 g/mol. The molecule has 63 heavy (non-hydrogen) atoms. The number of benzene rings is 6. The number of aliphatic hydroxyl groups excluding tert-OH is 1. The summed E-state index contributed by atoms with van der Waals surface area (Å²) < 4.78 is 23.8. The van der Waals surface area contributed by atoms with E-state index in [4.69, 9.17) is 23.9 Å². The number of nitrogens with zero attached hydrogens (tertiary/aromatic N) is 2. The fourth-order valence-corrected chi connectivity index (χ4v) is 8.34. The van der Waals surface area contributed by atoms with Crippen molar-refractivity contribution in [3.05, 3.63) is 179 Å². The van der Waals surface area contributed by atoms with Crippen molar-refractivity contribution in [3.8, 4) is 56.6 Å². The Balaban J connectivity index is 0.000000179. The minimum Gasteiger partial charge on any atom is -0.497 e. The SMILES string of the molecule is CCCCCCCCOc1ccccc1-c1cc(-c2ccc(N(C)C)cc2)cc(-c2ccccc2)n1.COc1ccc2c(c1)Oc1cc(CO)ccc1C21OC(=O)c2ccccc21. The number of aliphatic hydroxyl groups is 1. The molecule has 8 heteroatoms. The Morgan fingerprint density at radius 1 is 0.635 bits per heavy atom. The summed E-state index contributed by atoms with van der Waals surface area (Å²) in [7, 11) is 5.72. The lowest BCUT2D eigenvalue weighted by Gasteiger charge is -2.36. The third kappa shape index (κ3) is 9.04. The van der Waals surface area contributed by atoms with E-state index in [1.54, 1.807) is 25.3 Å². The van der Waals surface area contributed by atoms with Crippen molar-refractivity contribution >= 4 is 11.7 Å². The molecule has 9 rings (SSSR count). The molecule has 2 aliphatic rings. The van der Waals surface area contributed by atoms with Crippen molar-refractivity contribution < 1.29 is 28.8 Å². The van der Waals surface area contributed by atoms with Gasteiger partial charge in [-0.15, -0.1) is 0 Å². The predicted octanol–water partition coefficient (Wildman–Crippen LogP) is 12.6. The number of hydrogen-bond acceptors (Lipinski definition) is 8. The molecule has 1 atom stereocenters. The topological polar surface area (TPSA) is 90.4 Å². The first-order valence-electron chi connectivity index (χ1n) is 21.8. The quantitative estimate of drug-likeness (QED) is 0.0855. The van der Waals surface area contributed by atoms with Crippen LogP contribution < -0.4 is 19.1 Å². The number of ether oxygens (including phenoxy) is 4. The molecule has 1 unspecified atom stereocenters. The Kier molecular flexibility index (Phi) is 13.2. The van der Waals surface area contributed by atoms with Crippen molar-refractivity contribution in [1.29, 1.82) is 0 Å². The number of esters is 1. The Morgan fingerprint density at radius 3 is 2.05 bits per heavy atom. The monoisotopic (exact) mass is 838 g/mol. The van der Waals surface area contributed by atoms with Crippen molar-refractivity contribution in [2.24, 2.45) is 0 Å². The van der Waals surface area contributed by atoms with Gasteiger partial charge in [0.2, 0.25) is 0 Å². The predicted molar refractivity (Wildman–Crippen MR) is 251 cm³/mol. The van der Waals surface area contributed by atoms with E-state index in [1.807, 2.05) is 54.6 Å². The smallest absolute Gasteiger partial charge is 0.340 e. The molecular weight excluding hydrogens is 785 g/mol. The zero-order valence-electron chi connectivity index (χ0n) is 36.5. The second-order valence-electron chi connectivity index (χ2n) is 16.1. The highest BCUT2D eigenvalue weighted by atomic mass is 16.6. The molecule has 0 amide bonds. The molecule has 1 N–H and O–H groups in total. The highest BCUT2D eigenvalue weighted by Gasteiger charge is 2.53. The summed E-state index contributed by atoms with van der Waals surface area (Å²) in [5.41, 5.74) is 9.97. The van der Waals surface area contributed by atoms with Gasteiger partial charge in [-0.1, -0.05) is 124 Å². The van der Waals surface area contributed by atoms with Crippen LogP contribution in [-0.2, 0) is 16.9 Å². The van der Waals surface area contributed by atoms with Crippen molar-refractivity contribution in [2.45, 2.75) is 57.7 Å². The Labute approximate surface area is 370 Å². The van der Waals surface area contributed by atoms with Gasteiger partial charge in [-0.05, 0) is 83.8 Å². The van der Waals surface area contributed by atoms with Gasteiger partial charge in [0, 0.05) is 53.7 Å². The van der Waals surface area contributed by atoms with Gasteiger partial charge >= 0.3 is 5.97 Å². The van der Waals surface area contributed by atoms with E-state index in [9.17, 15) is 9.90 Å². The molecule has 1 aromatic heterocycles. The van der Waals surface area contributed by atoms with E-state index < -0.39 is 5.60 Å². The molecular formula is C55H54N2O6. The Hall–Kier alpha value is -6.90. The molecule has 0 saturated heterocycles. The van der Waals surface area contributed by atoms with Gasteiger partial charge in [-0.2, -0.15) is 0 Å². The Bertz CT molecular complexity index is 2620. The van der Waals surface area contributed by atoms with Crippen LogP contribution in [0.2, 0.25) is 0 Å². The van der Waals surface area contributed by atoms with E-state index in [0.29, 0.717) is 28.4 Å². The molecule has 0 bridgehead atoms. The number of carbonyl (C=O) groups is 1. The number of hydrogen-bond donors (Lipinski definition) is 1. The van der Waals surface area contributed by atoms with Crippen LogP contribution in [0.15, 0.2) is 152 Å². The lowest BCUT2D eigenvalue weighted by Crippen LogP contribution is -2.33. The first-order chi connectivity index (χ1) is 30.8. The van der Waals surface area contributed by atoms with E-state index in [0.717, 1.165) is 63.5 Å². The number of fused-ring (bicyclic) bond motifs is 6. The summed E-state index contributed by atoms with van der Waals surface area (Å²) >= 11 is 0. The first kappa shape index (κ1) is 42.8. The maximum atomic E-state index is 12.7. The molecule has 3 heterocycles. The molecule has 6 aromatic carbocycles. The number of aromatic nitrogens is 1. The van der Waals surface area contributed by atoms with Crippen LogP contribution in [0.3, 0.4) is 0 Å². The highest BCUT2D eigenvalue weighted by molar-refractivity contribution is 5.97. The maximum Gasteiger partial charge on any atom is 0.340 e. The third-order valence-corrected chi connectivity index (χ3v) is 11.7. The molecule has 2 aliphatic heterocycles. The standard InChI is InChI=1S/C33H38N2O.C22H16O5/c1-4-5-6-7-8-14-23-36-33-18-13-12-17-30(33)32-25-28(26-19-21-29(22-20-26)35(2)3)24-31(34-32)27-15-10-9-11-16-27;1-25-14-7-9-18-20(11-14)26-19-10-13(12-23)6-8-17(19)22(18)16-5-3-2-4-15(16)21(24)27-22/h9-13,15-22,24-25H,4-8,14,23H2,1-3H3;2-11,23H,12H2,1H3. The number of anilines is 1. The third-order valence-electron chi connectivity index (χ3n) is 11.7. The van der Waals surface area contributed by atoms with Gasteiger partial charge in [-0.25, -0.2) is 9.78 Å². The fourth-order valence-electron chi connectivity index (χ4n) is 8.34. The zero-order chi connectivity index (χ0) is 43.8. The summed E-state index contributed by atoms with van der Waals surface area (Å²) in [5.74, 6) is 2.28. The van der Waals surface area contributed by atoms with Crippen LogP contribution in [-0.4, -0.2) is 43.9 Å². The molecule has 8 nitrogen and oxygen atoms in total. The van der Waals surface area contributed by atoms with Gasteiger partial charge < -0.3 is 29.0 Å². The van der Waals surface area contributed by atoms with Crippen LogP contribution in [0.1, 0.15) is 78.1 Å². The van der Waals surface area contributed by atoms with Crippen molar-refractivity contribution in [1.82, 2.24) is 4.98 Å². The normalized spacial score (nSPS) is 14.3. The van der Waals surface area contributed by atoms with Crippen LogP contribution in [0.4, 0.5) is 5.69 Å². The molecule has 0 aliphatic carbocycles. The second kappa shape index (κ2) is 19.4. The molecule has 320 valence electrons. The molecule has 0 fully saturated rings. The summed E-state index contributed by atoms with van der Waals surface area (Å²) in [6.45, 7) is 2.89. The van der Waals surface area contributed by atoms with Gasteiger partial charge in [0.05, 0.1) is 37.3 Å². The summed E-state index contributed by atoms with van der Waals surface area (Å²) in [4.78, 5) is 19.9. The molecule has 0 saturated carbocycles. The van der Waals surface area contributed by atoms with Crippen LogP contribution >= 0.6 is 0 Å². The molecule has 1 spiro atoms. The maximum absolute atomic E-state index is 12.7. The number of pyridine rings is 1. The van der Waals surface area contributed by atoms with Crippen molar-refractivity contribution in [3.63, 3.8) is 0 Å². The number of para-hydroxylation sites is 1. The number of unbranched alkanes of at least 4 members (excludes halogenated alkanes) is 5. The van der Waals surface area contributed by atoms with E-state index >= 15 is 0 Å². The summed E-state index contributed by atoms with van der Waals surface area (Å²) in [6, 6.07) is 50.0. The summed E-state index contributed by atoms with van der Waals surface area (Å²) in [5, 5.41) is 9.51.